The Kier molecular flexibility index (Phi) is 23.3. The molecule has 0 unspecified atom stereocenters. The monoisotopic (exact) mass is 473 g/mol. The van der Waals surface area contributed by atoms with Crippen LogP contribution in [0.1, 0.15) is 0 Å². The van der Waals surface area contributed by atoms with Gasteiger partial charge in [0.2, 0.25) is 0 Å². The van der Waals surface area contributed by atoms with Crippen molar-refractivity contribution in [2.24, 2.45) is 0 Å². The molecule has 0 aromatic carbocycles. The molecule has 0 saturated heterocycles. The zero-order chi connectivity index (χ0) is 13.5. The van der Waals surface area contributed by atoms with Crippen molar-refractivity contribution in [1.29, 1.82) is 0 Å². The second-order valence-corrected chi connectivity index (χ2v) is 3.40. The van der Waals surface area contributed by atoms with Gasteiger partial charge in [0.05, 0.1) is 0 Å². The van der Waals surface area contributed by atoms with Gasteiger partial charge >= 0.3 is 39.9 Å². The van der Waals surface area contributed by atoms with Gasteiger partial charge in [0.1, 0.15) is 0 Å². The first-order chi connectivity index (χ1) is 6.00. The maximum Gasteiger partial charge on any atom is 3.00 e. The SMILES string of the molecule is O.[Gd+3].[O-][Cl+3]([O-])([O-])[O-].[O-][Cl+3]([O-])([O-])[O-].[O-][Cl+3]([O-])([O-])[O-]. The molecule has 0 aliphatic carbocycles. The minimum atomic E-state index is -4.94. The van der Waals surface area contributed by atoms with Gasteiger partial charge in [0.25, 0.3) is 0 Å². The molecule has 0 aliphatic rings. The Morgan fingerprint density at radius 1 is 0.353 bits per heavy atom. The molecule has 0 rings (SSSR count). The van der Waals surface area contributed by atoms with Crippen molar-refractivity contribution < 1.29 is 132 Å². The second kappa shape index (κ2) is 12.7. The summed E-state index contributed by atoms with van der Waals surface area (Å²) in [5, 5.41) is 0. The largest absolute Gasteiger partial charge is 3.00 e. The van der Waals surface area contributed by atoms with E-state index in [4.69, 9.17) is 55.9 Å². The zero-order valence-electron chi connectivity index (χ0n) is 6.89. The van der Waals surface area contributed by atoms with E-state index in [1.54, 1.807) is 0 Å². The van der Waals surface area contributed by atoms with Gasteiger partial charge in [0, 0.05) is 0 Å². The van der Waals surface area contributed by atoms with Crippen LogP contribution < -0.4 is 55.9 Å². The van der Waals surface area contributed by atoms with Gasteiger partial charge in [-0.05, 0) is 0 Å². The molecule has 0 bridgehead atoms. The van der Waals surface area contributed by atoms with Gasteiger partial charge in [-0.1, -0.05) is 0 Å². The summed E-state index contributed by atoms with van der Waals surface area (Å²) in [4.78, 5) is 0. The van der Waals surface area contributed by atoms with Crippen LogP contribution in [-0.2, 0) is 0 Å². The van der Waals surface area contributed by atoms with Crippen molar-refractivity contribution in [3.8, 4) is 0 Å². The van der Waals surface area contributed by atoms with Crippen LogP contribution in [0, 0.1) is 70.7 Å². The van der Waals surface area contributed by atoms with Crippen molar-refractivity contribution >= 4 is 0 Å². The topological polar surface area (TPSA) is 308 Å². The van der Waals surface area contributed by atoms with Crippen molar-refractivity contribution in [2.75, 3.05) is 0 Å². The maximum absolute atomic E-state index is 8.49. The molecule has 0 aliphatic heterocycles. The summed E-state index contributed by atoms with van der Waals surface area (Å²) < 4.78 is 102. The average molecular weight is 474 g/mol. The van der Waals surface area contributed by atoms with Gasteiger partial charge < -0.3 is 5.48 Å². The smallest absolute Gasteiger partial charge is 0.412 e. The molecule has 2 N–H and O–H groups in total. The Labute approximate surface area is 131 Å². The molecule has 1 radical (unpaired) electrons. The number of hydrogen-bond donors (Lipinski definition) is 0. The van der Waals surface area contributed by atoms with Crippen molar-refractivity contribution in [1.82, 2.24) is 0 Å². The third kappa shape index (κ3) is 1550. The van der Waals surface area contributed by atoms with Crippen molar-refractivity contribution in [3.05, 3.63) is 0 Å². The summed E-state index contributed by atoms with van der Waals surface area (Å²) in [6.07, 6.45) is 0. The molecule has 17 heteroatoms. The Balaban J connectivity index is -0.0000000400. The summed E-state index contributed by atoms with van der Waals surface area (Å²) in [5.41, 5.74) is 0. The Hall–Kier alpha value is 1.67. The van der Waals surface area contributed by atoms with Gasteiger partial charge in [-0.2, -0.15) is 0 Å². The molecular formula is H2Cl3GdO13. The molecule has 13 nitrogen and oxygen atoms in total. The van der Waals surface area contributed by atoms with Crippen LogP contribution in [0.15, 0.2) is 0 Å². The molecule has 0 aromatic rings. The van der Waals surface area contributed by atoms with Crippen LogP contribution in [-0.4, -0.2) is 5.48 Å². The molecule has 109 valence electrons. The fourth-order valence-corrected chi connectivity index (χ4v) is 0. The fourth-order valence-electron chi connectivity index (χ4n) is 0. The van der Waals surface area contributed by atoms with E-state index in [1.807, 2.05) is 0 Å². The molecule has 0 spiro atoms. The molecule has 0 saturated carbocycles. The van der Waals surface area contributed by atoms with E-state index in [-0.39, 0.29) is 45.4 Å². The van der Waals surface area contributed by atoms with E-state index in [2.05, 4.69) is 0 Å². The van der Waals surface area contributed by atoms with Crippen LogP contribution in [0.4, 0.5) is 0 Å². The molecule has 0 heterocycles. The predicted molar refractivity (Wildman–Crippen MR) is 3.61 cm³/mol. The first-order valence-corrected chi connectivity index (χ1v) is 5.55. The van der Waals surface area contributed by atoms with Crippen molar-refractivity contribution in [3.63, 3.8) is 0 Å². The zero-order valence-corrected chi connectivity index (χ0v) is 11.4. The van der Waals surface area contributed by atoms with Crippen LogP contribution in [0.5, 0.6) is 0 Å². The number of halogens is 3. The minimum Gasteiger partial charge on any atom is -0.412 e. The number of rotatable bonds is 0. The third-order valence-electron chi connectivity index (χ3n) is 0. The van der Waals surface area contributed by atoms with Gasteiger partial charge in [-0.3, -0.25) is 0 Å². The van der Waals surface area contributed by atoms with E-state index in [0.717, 1.165) is 0 Å². The Bertz CT molecular complexity index is 91.7. The summed E-state index contributed by atoms with van der Waals surface area (Å²) in [5.74, 6) is 0. The first kappa shape index (κ1) is 31.2. The minimum absolute atomic E-state index is 0. The van der Waals surface area contributed by atoms with Gasteiger partial charge in [-0.25, -0.2) is 55.9 Å². The third-order valence-corrected chi connectivity index (χ3v) is 0. The molecule has 0 amide bonds. The quantitative estimate of drug-likeness (QED) is 0.316. The first-order valence-electron chi connectivity index (χ1n) is 1.85. The van der Waals surface area contributed by atoms with E-state index < -0.39 is 30.7 Å². The van der Waals surface area contributed by atoms with Crippen LogP contribution in [0.25, 0.3) is 0 Å². The summed E-state index contributed by atoms with van der Waals surface area (Å²) in [6.45, 7) is 0. The molecule has 0 aromatic heterocycles. The summed E-state index contributed by atoms with van der Waals surface area (Å²) in [7, 11) is -14.8. The van der Waals surface area contributed by atoms with E-state index in [1.165, 1.54) is 0 Å². The van der Waals surface area contributed by atoms with Crippen LogP contribution in [0.3, 0.4) is 0 Å². The predicted octanol–water partition coefficient (Wildman–Crippen LogP) is -15.1. The van der Waals surface area contributed by atoms with E-state index in [0.29, 0.717) is 0 Å². The fraction of sp³-hybridized carbons (Fsp3) is 0. The summed E-state index contributed by atoms with van der Waals surface area (Å²) >= 11 is 0. The number of hydrogen-bond acceptors (Lipinski definition) is 12. The summed E-state index contributed by atoms with van der Waals surface area (Å²) in [6, 6.07) is 0. The maximum atomic E-state index is 8.49. The Morgan fingerprint density at radius 2 is 0.353 bits per heavy atom. The molecule has 17 heavy (non-hydrogen) atoms. The normalized spacial score (nSPS) is 10.6. The van der Waals surface area contributed by atoms with Crippen LogP contribution in [0.2, 0.25) is 0 Å². The van der Waals surface area contributed by atoms with E-state index >= 15 is 0 Å². The molecular weight excluding hydrogens is 472 g/mol. The van der Waals surface area contributed by atoms with Gasteiger partial charge in [0.15, 0.2) is 0 Å². The van der Waals surface area contributed by atoms with E-state index in [9.17, 15) is 0 Å². The van der Waals surface area contributed by atoms with Crippen LogP contribution >= 0.6 is 0 Å². The second-order valence-electron chi connectivity index (χ2n) is 1.13. The molecule has 0 fully saturated rings. The average Bonchev–Trinajstić information content (AvgIpc) is 1.41. The standard InChI is InChI=1S/3ClHO4.Gd.H2O/c3*2-1(3,4)5;;/h3*(H,2,3,4,5);;1H2/q;;;+3;/p-3. The van der Waals surface area contributed by atoms with Gasteiger partial charge in [-0.15, -0.1) is 30.7 Å². The molecule has 0 atom stereocenters. The van der Waals surface area contributed by atoms with Crippen molar-refractivity contribution in [2.45, 2.75) is 0 Å². The Morgan fingerprint density at radius 3 is 0.353 bits per heavy atom.